The standard InChI is InChI=1S/C26H26N2O2/c1-25(19-9-5-3-6-10-19)13-15-27-16-14-26(2,20-11-7-4-8-12-20)23-18-21(28(29)30)17-22(25)24(23)27/h3-12,17-18H,13-16H2,1-2H3. The van der Waals surface area contributed by atoms with E-state index >= 15 is 0 Å². The summed E-state index contributed by atoms with van der Waals surface area (Å²) >= 11 is 0. The zero-order chi connectivity index (χ0) is 20.9. The van der Waals surface area contributed by atoms with E-state index in [1.54, 1.807) is 0 Å². The third-order valence-corrected chi connectivity index (χ3v) is 7.40. The highest BCUT2D eigenvalue weighted by Gasteiger charge is 2.45. The molecule has 152 valence electrons. The molecule has 5 rings (SSSR count). The molecule has 0 radical (unpaired) electrons. The topological polar surface area (TPSA) is 46.4 Å². The van der Waals surface area contributed by atoms with Gasteiger partial charge in [-0.1, -0.05) is 74.5 Å². The van der Waals surface area contributed by atoms with Crippen LogP contribution in [-0.2, 0) is 10.8 Å². The lowest BCUT2D eigenvalue weighted by atomic mass is 9.64. The van der Waals surface area contributed by atoms with Crippen LogP contribution in [0.3, 0.4) is 0 Å². The number of nitro benzene ring substituents is 1. The monoisotopic (exact) mass is 398 g/mol. The van der Waals surface area contributed by atoms with Crippen molar-refractivity contribution < 1.29 is 4.92 Å². The summed E-state index contributed by atoms with van der Waals surface area (Å²) in [5.41, 5.74) is 5.52. The molecular formula is C26H26N2O2. The molecular weight excluding hydrogens is 372 g/mol. The number of non-ortho nitro benzene ring substituents is 1. The molecule has 2 unspecified atom stereocenters. The highest BCUT2D eigenvalue weighted by atomic mass is 16.6. The molecule has 0 saturated carbocycles. The second-order valence-electron chi connectivity index (χ2n) is 9.03. The van der Waals surface area contributed by atoms with Gasteiger partial charge >= 0.3 is 0 Å². The zero-order valence-electron chi connectivity index (χ0n) is 17.5. The van der Waals surface area contributed by atoms with Gasteiger partial charge in [0, 0.05) is 41.7 Å². The molecule has 4 nitrogen and oxygen atoms in total. The Morgan fingerprint density at radius 1 is 0.800 bits per heavy atom. The summed E-state index contributed by atoms with van der Waals surface area (Å²) in [6, 6.07) is 24.6. The van der Waals surface area contributed by atoms with Crippen LogP contribution in [0.5, 0.6) is 0 Å². The summed E-state index contributed by atoms with van der Waals surface area (Å²) < 4.78 is 0. The van der Waals surface area contributed by atoms with Gasteiger partial charge in [-0.2, -0.15) is 0 Å². The smallest absolute Gasteiger partial charge is 0.270 e. The van der Waals surface area contributed by atoms with Crippen molar-refractivity contribution in [2.45, 2.75) is 37.5 Å². The molecule has 3 aromatic carbocycles. The van der Waals surface area contributed by atoms with Crippen LogP contribution >= 0.6 is 0 Å². The molecule has 2 aliphatic heterocycles. The van der Waals surface area contributed by atoms with Crippen molar-refractivity contribution in [2.75, 3.05) is 18.0 Å². The van der Waals surface area contributed by atoms with E-state index in [1.165, 1.54) is 16.8 Å². The van der Waals surface area contributed by atoms with Crippen LogP contribution in [0.15, 0.2) is 72.8 Å². The number of nitro groups is 1. The van der Waals surface area contributed by atoms with E-state index in [2.05, 4.69) is 67.3 Å². The maximum absolute atomic E-state index is 11.9. The molecule has 4 heteroatoms. The Kier molecular flexibility index (Phi) is 4.21. The van der Waals surface area contributed by atoms with Crippen LogP contribution in [0.2, 0.25) is 0 Å². The molecule has 0 bridgehead atoms. The SMILES string of the molecule is CC1(c2ccccc2)CCN2CCC(C)(c3ccccc3)c3cc([N+](=O)[O-])cc1c32. The molecule has 0 amide bonds. The highest BCUT2D eigenvalue weighted by molar-refractivity contribution is 5.73. The summed E-state index contributed by atoms with van der Waals surface area (Å²) in [5.74, 6) is 0. The first-order chi connectivity index (χ1) is 14.4. The quantitative estimate of drug-likeness (QED) is 0.412. The van der Waals surface area contributed by atoms with Crippen LogP contribution in [0, 0.1) is 10.1 Å². The zero-order valence-corrected chi connectivity index (χ0v) is 17.5. The van der Waals surface area contributed by atoms with Gasteiger partial charge in [0.25, 0.3) is 5.69 Å². The maximum atomic E-state index is 11.9. The average Bonchev–Trinajstić information content (AvgIpc) is 2.79. The molecule has 2 atom stereocenters. The Labute approximate surface area is 177 Å². The first-order valence-corrected chi connectivity index (χ1v) is 10.6. The maximum Gasteiger partial charge on any atom is 0.270 e. The fourth-order valence-corrected chi connectivity index (χ4v) is 5.44. The Balaban J connectivity index is 1.81. The van der Waals surface area contributed by atoms with E-state index in [1.807, 2.05) is 24.3 Å². The minimum Gasteiger partial charge on any atom is -0.371 e. The van der Waals surface area contributed by atoms with Gasteiger partial charge in [-0.15, -0.1) is 0 Å². The fourth-order valence-electron chi connectivity index (χ4n) is 5.44. The molecule has 30 heavy (non-hydrogen) atoms. The van der Waals surface area contributed by atoms with Gasteiger partial charge in [-0.25, -0.2) is 0 Å². The van der Waals surface area contributed by atoms with Crippen molar-refractivity contribution in [3.05, 3.63) is 105 Å². The van der Waals surface area contributed by atoms with E-state index in [4.69, 9.17) is 0 Å². The lowest BCUT2D eigenvalue weighted by molar-refractivity contribution is -0.385. The molecule has 2 heterocycles. The van der Waals surface area contributed by atoms with E-state index in [0.29, 0.717) is 0 Å². The number of hydrogen-bond donors (Lipinski definition) is 0. The van der Waals surface area contributed by atoms with Crippen molar-refractivity contribution in [2.24, 2.45) is 0 Å². The van der Waals surface area contributed by atoms with E-state index in [-0.39, 0.29) is 21.4 Å². The van der Waals surface area contributed by atoms with Gasteiger partial charge in [0.15, 0.2) is 0 Å². The van der Waals surface area contributed by atoms with Crippen LogP contribution in [0.4, 0.5) is 11.4 Å². The van der Waals surface area contributed by atoms with Crippen molar-refractivity contribution in [1.82, 2.24) is 0 Å². The summed E-state index contributed by atoms with van der Waals surface area (Å²) in [7, 11) is 0. The Bertz CT molecular complexity index is 1030. The number of benzene rings is 3. The van der Waals surface area contributed by atoms with Gasteiger partial charge in [0.2, 0.25) is 0 Å². The summed E-state index contributed by atoms with van der Waals surface area (Å²) in [4.78, 5) is 14.2. The summed E-state index contributed by atoms with van der Waals surface area (Å²) in [6.07, 6.45) is 1.90. The normalized spacial score (nSPS) is 24.9. The van der Waals surface area contributed by atoms with Crippen LogP contribution in [0.25, 0.3) is 0 Å². The van der Waals surface area contributed by atoms with Gasteiger partial charge in [0.1, 0.15) is 0 Å². The molecule has 0 aromatic heterocycles. The van der Waals surface area contributed by atoms with Gasteiger partial charge in [0.05, 0.1) is 4.92 Å². The van der Waals surface area contributed by atoms with Crippen LogP contribution in [-0.4, -0.2) is 18.0 Å². The summed E-state index contributed by atoms with van der Waals surface area (Å²) in [5, 5.41) is 11.9. The lowest BCUT2D eigenvalue weighted by Gasteiger charge is -2.50. The number of anilines is 1. The third-order valence-electron chi connectivity index (χ3n) is 7.40. The molecule has 3 aromatic rings. The first kappa shape index (κ1) is 18.9. The van der Waals surface area contributed by atoms with Crippen molar-refractivity contribution in [1.29, 1.82) is 0 Å². The first-order valence-electron chi connectivity index (χ1n) is 10.6. The minimum absolute atomic E-state index is 0.191. The Hall–Kier alpha value is -3.14. The molecule has 0 N–H and O–H groups in total. The van der Waals surface area contributed by atoms with Crippen molar-refractivity contribution in [3.63, 3.8) is 0 Å². The number of rotatable bonds is 3. The van der Waals surface area contributed by atoms with E-state index in [9.17, 15) is 10.1 Å². The molecule has 2 aliphatic rings. The van der Waals surface area contributed by atoms with Crippen molar-refractivity contribution in [3.8, 4) is 0 Å². The largest absolute Gasteiger partial charge is 0.371 e. The van der Waals surface area contributed by atoms with Gasteiger partial charge < -0.3 is 4.90 Å². The lowest BCUT2D eigenvalue weighted by Crippen LogP contribution is -2.46. The van der Waals surface area contributed by atoms with Gasteiger partial charge in [-0.05, 0) is 35.1 Å². The third kappa shape index (κ3) is 2.67. The van der Waals surface area contributed by atoms with Crippen molar-refractivity contribution >= 4 is 11.4 Å². The van der Waals surface area contributed by atoms with E-state index < -0.39 is 0 Å². The summed E-state index contributed by atoms with van der Waals surface area (Å²) in [6.45, 7) is 6.42. The highest BCUT2D eigenvalue weighted by Crippen LogP contribution is 2.54. The predicted octanol–water partition coefficient (Wildman–Crippen LogP) is 5.82. The van der Waals surface area contributed by atoms with Crippen LogP contribution < -0.4 is 4.90 Å². The minimum atomic E-state index is -0.247. The predicted molar refractivity (Wildman–Crippen MR) is 120 cm³/mol. The fraction of sp³-hybridized carbons (Fsp3) is 0.308. The second kappa shape index (κ2) is 6.69. The second-order valence-corrected chi connectivity index (χ2v) is 9.03. The average molecular weight is 399 g/mol. The van der Waals surface area contributed by atoms with E-state index in [0.717, 1.165) is 37.1 Å². The Morgan fingerprint density at radius 2 is 1.23 bits per heavy atom. The number of hydrogen-bond acceptors (Lipinski definition) is 3. The molecule has 0 fully saturated rings. The number of nitrogens with zero attached hydrogens (tertiary/aromatic N) is 2. The Morgan fingerprint density at radius 3 is 1.63 bits per heavy atom. The van der Waals surface area contributed by atoms with Gasteiger partial charge in [-0.3, -0.25) is 10.1 Å². The molecule has 0 saturated heterocycles. The van der Waals surface area contributed by atoms with Crippen LogP contribution in [0.1, 0.15) is 48.9 Å². The molecule has 0 aliphatic carbocycles. The molecule has 0 spiro atoms.